The van der Waals surface area contributed by atoms with Gasteiger partial charge in [0.05, 0.1) is 28.2 Å². The predicted octanol–water partition coefficient (Wildman–Crippen LogP) is 5.58. The van der Waals surface area contributed by atoms with Gasteiger partial charge in [-0.2, -0.15) is 0 Å². The molecule has 0 aliphatic rings. The molecule has 0 aliphatic heterocycles. The smallest absolute Gasteiger partial charge is 0.335 e. The van der Waals surface area contributed by atoms with E-state index in [0.717, 1.165) is 42.4 Å². The third kappa shape index (κ3) is 6.03. The zero-order valence-corrected chi connectivity index (χ0v) is 18.3. The molecule has 0 saturated carbocycles. The van der Waals surface area contributed by atoms with E-state index in [-0.39, 0.29) is 0 Å². The van der Waals surface area contributed by atoms with Crippen molar-refractivity contribution >= 4 is 28.6 Å². The summed E-state index contributed by atoms with van der Waals surface area (Å²) in [5, 5.41) is 9.30. The molecule has 5 nitrogen and oxygen atoms in total. The van der Waals surface area contributed by atoms with Crippen molar-refractivity contribution in [3.63, 3.8) is 0 Å². The van der Waals surface area contributed by atoms with Gasteiger partial charge in [0.25, 0.3) is 0 Å². The van der Waals surface area contributed by atoms with Crippen LogP contribution in [0.5, 0.6) is 0 Å². The first-order valence-electron chi connectivity index (χ1n) is 10.3. The molecule has 0 fully saturated rings. The molecule has 0 amide bonds. The molecule has 1 atom stereocenters. The summed E-state index contributed by atoms with van der Waals surface area (Å²) in [4.78, 5) is 11.3. The summed E-state index contributed by atoms with van der Waals surface area (Å²) >= 11 is -2.44. The van der Waals surface area contributed by atoms with Gasteiger partial charge in [-0.25, -0.2) is 4.79 Å². The van der Waals surface area contributed by atoms with E-state index in [0.29, 0.717) is 23.4 Å². The highest BCUT2D eigenvalue weighted by atomic mass is 32.2. The number of carbonyl (C=O) groups is 1. The first-order valence-corrected chi connectivity index (χ1v) is 11.4. The van der Waals surface area contributed by atoms with Gasteiger partial charge in [0.15, 0.2) is 0 Å². The second-order valence-corrected chi connectivity index (χ2v) is 8.30. The zero-order chi connectivity index (χ0) is 22.2. The first-order chi connectivity index (χ1) is 15.0. The van der Waals surface area contributed by atoms with Crippen LogP contribution < -0.4 is 4.31 Å². The summed E-state index contributed by atoms with van der Waals surface area (Å²) in [6, 6.07) is 22.1. The molecule has 6 heteroatoms. The third-order valence-electron chi connectivity index (χ3n) is 5.24. The average Bonchev–Trinajstić information content (AvgIpc) is 2.74. The monoisotopic (exact) mass is 436 g/mol. The Morgan fingerprint density at radius 3 is 2.23 bits per heavy atom. The van der Waals surface area contributed by atoms with Crippen molar-refractivity contribution in [1.29, 1.82) is 0 Å². The van der Waals surface area contributed by atoms with Gasteiger partial charge in [0, 0.05) is 0 Å². The van der Waals surface area contributed by atoms with E-state index < -0.39 is 17.2 Å². The van der Waals surface area contributed by atoms with Crippen LogP contribution >= 0.6 is 0 Å². The van der Waals surface area contributed by atoms with Gasteiger partial charge in [0.2, 0.25) is 0 Å². The summed E-state index contributed by atoms with van der Waals surface area (Å²) in [6.07, 6.45) is 4.15. The van der Waals surface area contributed by atoms with Crippen LogP contribution in [0.2, 0.25) is 0 Å². The number of carboxylic acid groups (broad SMARTS) is 1. The number of hydrogen-bond acceptors (Lipinski definition) is 3. The molecule has 0 bridgehead atoms. The van der Waals surface area contributed by atoms with Crippen molar-refractivity contribution in [1.82, 2.24) is 0 Å². The number of aryl methyl sites for hydroxylation is 3. The van der Waals surface area contributed by atoms with Gasteiger partial charge in [-0.15, -0.1) is 0 Å². The molecule has 0 heterocycles. The summed E-state index contributed by atoms with van der Waals surface area (Å²) < 4.78 is 25.5. The topological polar surface area (TPSA) is 80.7 Å². The van der Waals surface area contributed by atoms with E-state index in [1.807, 2.05) is 61.5 Å². The maximum atomic E-state index is 12.1. The lowest BCUT2D eigenvalue weighted by Gasteiger charge is -2.28. The lowest BCUT2D eigenvalue weighted by Crippen LogP contribution is -2.21. The van der Waals surface area contributed by atoms with Crippen molar-refractivity contribution in [2.75, 3.05) is 4.31 Å². The molecule has 3 aromatic rings. The van der Waals surface area contributed by atoms with E-state index in [2.05, 4.69) is 0 Å². The minimum atomic E-state index is -2.44. The fourth-order valence-corrected chi connectivity index (χ4v) is 4.36. The minimum absolute atomic E-state index is 0.361. The Balaban J connectivity index is 1.66. The maximum Gasteiger partial charge on any atom is 0.335 e. The summed E-state index contributed by atoms with van der Waals surface area (Å²) in [5.74, 6) is -0.897. The number of anilines is 2. The average molecular weight is 437 g/mol. The Morgan fingerprint density at radius 1 is 0.903 bits per heavy atom. The van der Waals surface area contributed by atoms with Crippen LogP contribution in [-0.2, 0) is 24.1 Å². The molecule has 0 spiro atoms. The molecular weight excluding hydrogens is 410 g/mol. The normalized spacial score (nSPS) is 11.8. The number of carboxylic acids is 1. The second kappa shape index (κ2) is 10.9. The molecule has 1 unspecified atom stereocenters. The number of rotatable bonds is 10. The summed E-state index contributed by atoms with van der Waals surface area (Å²) in [7, 11) is 0. The number of nitrogens with zero attached hydrogens (tertiary/aromatic N) is 1. The van der Waals surface area contributed by atoms with Gasteiger partial charge in [-0.1, -0.05) is 55.0 Å². The van der Waals surface area contributed by atoms with Gasteiger partial charge in [-0.3, -0.25) is 8.51 Å². The van der Waals surface area contributed by atoms with Crippen LogP contribution in [0.4, 0.5) is 11.4 Å². The highest BCUT2D eigenvalue weighted by molar-refractivity contribution is 7.81. The number of para-hydroxylation sites is 1. The van der Waals surface area contributed by atoms with Gasteiger partial charge in [-0.05, 0) is 73.6 Å². The SMILES string of the molecule is Cc1cccc(N(c2ccccc2CCCCCc2ccccc2C(=O)O)S(=O)[O-])c1. The number of hydrogen-bond donors (Lipinski definition) is 1. The maximum absolute atomic E-state index is 12.1. The number of benzene rings is 3. The Kier molecular flexibility index (Phi) is 7.98. The van der Waals surface area contributed by atoms with E-state index >= 15 is 0 Å². The fraction of sp³-hybridized carbons (Fsp3) is 0.240. The van der Waals surface area contributed by atoms with Crippen molar-refractivity contribution in [3.05, 3.63) is 95.1 Å². The Hall–Kier alpha value is -2.96. The van der Waals surface area contributed by atoms with Crippen LogP contribution in [0, 0.1) is 6.92 Å². The highest BCUT2D eigenvalue weighted by Gasteiger charge is 2.14. The standard InChI is InChI=1S/C25H27NO4S/c1-19-10-9-15-22(18-19)26(31(29)30)24-17-8-6-14-21(24)13-4-2-3-11-20-12-5-7-16-23(20)25(27)28/h5-10,12,14-18H,2-4,11,13H2,1H3,(H,27,28)(H,29,30)/p-1. The molecule has 1 N–H and O–H groups in total. The highest BCUT2D eigenvalue weighted by Crippen LogP contribution is 2.31. The van der Waals surface area contributed by atoms with Gasteiger partial charge in [0.1, 0.15) is 0 Å². The molecule has 3 aromatic carbocycles. The molecule has 0 aliphatic carbocycles. The van der Waals surface area contributed by atoms with Crippen LogP contribution in [0.3, 0.4) is 0 Å². The number of aromatic carboxylic acids is 1. The van der Waals surface area contributed by atoms with Crippen molar-refractivity contribution in [2.45, 2.75) is 39.0 Å². The first kappa shape index (κ1) is 22.7. The Morgan fingerprint density at radius 2 is 1.55 bits per heavy atom. The summed E-state index contributed by atoms with van der Waals surface area (Å²) in [6.45, 7) is 1.93. The largest absolute Gasteiger partial charge is 0.755 e. The van der Waals surface area contributed by atoms with Crippen LogP contribution in [-0.4, -0.2) is 19.8 Å². The van der Waals surface area contributed by atoms with Crippen molar-refractivity contribution in [3.8, 4) is 0 Å². The molecule has 31 heavy (non-hydrogen) atoms. The molecule has 3 rings (SSSR count). The summed E-state index contributed by atoms with van der Waals surface area (Å²) in [5.41, 5.74) is 4.46. The van der Waals surface area contributed by atoms with Crippen LogP contribution in [0.15, 0.2) is 72.8 Å². The molecule has 0 radical (unpaired) electrons. The third-order valence-corrected chi connectivity index (χ3v) is 5.94. The van der Waals surface area contributed by atoms with Crippen molar-refractivity contribution < 1.29 is 18.7 Å². The number of unbranched alkanes of at least 4 members (excludes halogenated alkanes) is 2. The molecule has 162 valence electrons. The van der Waals surface area contributed by atoms with E-state index in [1.165, 1.54) is 4.31 Å². The Bertz CT molecular complexity index is 1070. The van der Waals surface area contributed by atoms with Crippen molar-refractivity contribution in [2.24, 2.45) is 0 Å². The fourth-order valence-electron chi connectivity index (χ4n) is 3.73. The Labute approximate surface area is 185 Å². The molecular formula is C25H26NO4S-. The predicted molar refractivity (Wildman–Crippen MR) is 123 cm³/mol. The van der Waals surface area contributed by atoms with E-state index in [4.69, 9.17) is 0 Å². The van der Waals surface area contributed by atoms with Gasteiger partial charge >= 0.3 is 5.97 Å². The lowest BCUT2D eigenvalue weighted by molar-refractivity contribution is 0.0695. The van der Waals surface area contributed by atoms with E-state index in [9.17, 15) is 18.7 Å². The van der Waals surface area contributed by atoms with Crippen LogP contribution in [0.25, 0.3) is 0 Å². The van der Waals surface area contributed by atoms with Crippen LogP contribution in [0.1, 0.15) is 46.3 Å². The zero-order valence-electron chi connectivity index (χ0n) is 17.5. The molecule has 0 aromatic heterocycles. The minimum Gasteiger partial charge on any atom is -0.755 e. The van der Waals surface area contributed by atoms with E-state index in [1.54, 1.807) is 18.2 Å². The quantitative estimate of drug-likeness (QED) is 0.332. The van der Waals surface area contributed by atoms with Gasteiger partial charge < -0.3 is 9.66 Å². The lowest BCUT2D eigenvalue weighted by atomic mass is 9.99. The molecule has 0 saturated heterocycles. The second-order valence-electron chi connectivity index (χ2n) is 7.50.